The number of nitrogens with one attached hydrogen (secondary N) is 1. The first-order valence-corrected chi connectivity index (χ1v) is 7.41. The van der Waals surface area contributed by atoms with Crippen LogP contribution in [0.3, 0.4) is 0 Å². The molecular weight excluding hydrogens is 276 g/mol. The predicted octanol–water partition coefficient (Wildman–Crippen LogP) is 4.08. The van der Waals surface area contributed by atoms with Crippen LogP contribution in [0.25, 0.3) is 0 Å². The summed E-state index contributed by atoms with van der Waals surface area (Å²) in [5.41, 5.74) is 0. The third-order valence-electron chi connectivity index (χ3n) is 4.53. The third-order valence-corrected chi connectivity index (χ3v) is 4.97. The highest BCUT2D eigenvalue weighted by Gasteiger charge is 2.41. The topological polar surface area (TPSA) is 24.9 Å². The van der Waals surface area contributed by atoms with Crippen LogP contribution < -0.4 is 5.32 Å². The molecule has 1 aromatic heterocycles. The molecule has 2 fully saturated rings. The zero-order valence-corrected chi connectivity index (χ0v) is 11.8. The molecule has 2 bridgehead atoms. The van der Waals surface area contributed by atoms with Gasteiger partial charge in [-0.15, -0.1) is 0 Å². The van der Waals surface area contributed by atoms with Gasteiger partial charge in [-0.3, -0.25) is 0 Å². The summed E-state index contributed by atoms with van der Waals surface area (Å²) in [7, 11) is 0. The molecule has 4 atom stereocenters. The van der Waals surface area contributed by atoms with Crippen LogP contribution in [0.2, 0.25) is 0 Å². The van der Waals surface area contributed by atoms with Crippen LogP contribution in [-0.2, 0) is 0 Å². The lowest BCUT2D eigenvalue weighted by molar-refractivity contribution is 0.304. The molecule has 1 heterocycles. The summed E-state index contributed by atoms with van der Waals surface area (Å²) < 4.78 is 0.905. The van der Waals surface area contributed by atoms with Crippen LogP contribution in [0, 0.1) is 17.8 Å². The van der Waals surface area contributed by atoms with Gasteiger partial charge in [0.15, 0.2) is 0 Å². The van der Waals surface area contributed by atoms with Crippen LogP contribution in [0.5, 0.6) is 0 Å². The average molecular weight is 295 g/mol. The summed E-state index contributed by atoms with van der Waals surface area (Å²) in [5, 5.41) is 3.57. The molecule has 0 spiro atoms. The van der Waals surface area contributed by atoms with Crippen molar-refractivity contribution < 1.29 is 0 Å². The lowest BCUT2D eigenvalue weighted by Crippen LogP contribution is -2.30. The second-order valence-corrected chi connectivity index (χ2v) is 6.43. The van der Waals surface area contributed by atoms with Crippen LogP contribution in [-0.4, -0.2) is 11.0 Å². The average Bonchev–Trinajstić information content (AvgIpc) is 2.90. The lowest BCUT2D eigenvalue weighted by atomic mass is 9.84. The highest BCUT2D eigenvalue weighted by molar-refractivity contribution is 9.10. The fourth-order valence-electron chi connectivity index (χ4n) is 3.74. The van der Waals surface area contributed by atoms with E-state index in [-0.39, 0.29) is 0 Å². The Morgan fingerprint density at radius 3 is 2.88 bits per heavy atom. The Bertz CT molecular complexity index is 407. The highest BCUT2D eigenvalue weighted by atomic mass is 79.9. The van der Waals surface area contributed by atoms with Crippen molar-refractivity contribution in [1.82, 2.24) is 4.98 Å². The molecule has 1 aromatic rings. The molecule has 2 aliphatic carbocycles. The minimum atomic E-state index is 0.548. The van der Waals surface area contributed by atoms with Crippen molar-refractivity contribution in [2.75, 3.05) is 5.32 Å². The molecule has 0 saturated heterocycles. The first-order chi connectivity index (χ1) is 8.22. The second kappa shape index (κ2) is 4.60. The van der Waals surface area contributed by atoms with Crippen molar-refractivity contribution in [1.29, 1.82) is 0 Å². The van der Waals surface area contributed by atoms with Gasteiger partial charge in [-0.25, -0.2) is 4.98 Å². The van der Waals surface area contributed by atoms with Crippen LogP contribution in [0.4, 0.5) is 5.82 Å². The van der Waals surface area contributed by atoms with Gasteiger partial charge >= 0.3 is 0 Å². The molecule has 3 heteroatoms. The molecule has 4 unspecified atom stereocenters. The Kier molecular flexibility index (Phi) is 3.12. The second-order valence-electron chi connectivity index (χ2n) is 5.62. The molecule has 17 heavy (non-hydrogen) atoms. The smallest absolute Gasteiger partial charge is 0.127 e. The van der Waals surface area contributed by atoms with Gasteiger partial charge in [0.1, 0.15) is 10.4 Å². The SMILES string of the molecule is CC(Nc1cccc(Br)n1)C1CC2CCC1C2. The maximum atomic E-state index is 4.45. The summed E-state index contributed by atoms with van der Waals surface area (Å²) in [6.45, 7) is 2.31. The highest BCUT2D eigenvalue weighted by Crippen LogP contribution is 2.49. The molecule has 1 N–H and O–H groups in total. The zero-order chi connectivity index (χ0) is 11.8. The van der Waals surface area contributed by atoms with Crippen molar-refractivity contribution in [3.8, 4) is 0 Å². The number of hydrogen-bond acceptors (Lipinski definition) is 2. The molecule has 2 saturated carbocycles. The fourth-order valence-corrected chi connectivity index (χ4v) is 4.08. The Labute approximate surface area is 111 Å². The molecule has 2 nitrogen and oxygen atoms in total. The molecule has 0 aliphatic heterocycles. The van der Waals surface area contributed by atoms with Crippen LogP contribution in [0.1, 0.15) is 32.6 Å². The summed E-state index contributed by atoms with van der Waals surface area (Å²) in [6, 6.07) is 6.60. The van der Waals surface area contributed by atoms with E-state index in [1.807, 2.05) is 12.1 Å². The minimum absolute atomic E-state index is 0.548. The van der Waals surface area contributed by atoms with E-state index in [0.29, 0.717) is 6.04 Å². The summed E-state index contributed by atoms with van der Waals surface area (Å²) >= 11 is 3.42. The molecule has 2 aliphatic rings. The van der Waals surface area contributed by atoms with Crippen molar-refractivity contribution in [3.63, 3.8) is 0 Å². The molecule has 0 amide bonds. The number of halogens is 1. The fraction of sp³-hybridized carbons (Fsp3) is 0.643. The number of hydrogen-bond donors (Lipinski definition) is 1. The van der Waals surface area contributed by atoms with Gasteiger partial charge in [-0.1, -0.05) is 12.5 Å². The van der Waals surface area contributed by atoms with E-state index in [0.717, 1.165) is 28.2 Å². The predicted molar refractivity (Wildman–Crippen MR) is 74.0 cm³/mol. The Morgan fingerprint density at radius 1 is 1.35 bits per heavy atom. The number of anilines is 1. The van der Waals surface area contributed by atoms with E-state index in [2.05, 4.69) is 39.2 Å². The number of fused-ring (bicyclic) bond motifs is 2. The standard InChI is InChI=1S/C14H19BrN2/c1-9(12-8-10-5-6-11(12)7-10)16-14-4-2-3-13(15)17-14/h2-4,9-12H,5-8H2,1H3,(H,16,17). The number of rotatable bonds is 3. The molecule has 0 aromatic carbocycles. The van der Waals surface area contributed by atoms with E-state index in [4.69, 9.17) is 0 Å². The monoisotopic (exact) mass is 294 g/mol. The Morgan fingerprint density at radius 2 is 2.24 bits per heavy atom. The zero-order valence-electron chi connectivity index (χ0n) is 10.2. The van der Waals surface area contributed by atoms with Crippen LogP contribution >= 0.6 is 15.9 Å². The lowest BCUT2D eigenvalue weighted by Gasteiger charge is -2.28. The Balaban J connectivity index is 1.65. The molecule has 92 valence electrons. The minimum Gasteiger partial charge on any atom is -0.367 e. The number of pyridine rings is 1. The number of nitrogens with zero attached hydrogens (tertiary/aromatic N) is 1. The normalized spacial score (nSPS) is 32.7. The number of aromatic nitrogens is 1. The van der Waals surface area contributed by atoms with Crippen molar-refractivity contribution >= 4 is 21.7 Å². The summed E-state index contributed by atoms with van der Waals surface area (Å²) in [4.78, 5) is 4.45. The first-order valence-electron chi connectivity index (χ1n) is 6.61. The quantitative estimate of drug-likeness (QED) is 0.850. The largest absolute Gasteiger partial charge is 0.367 e. The van der Waals surface area contributed by atoms with Gasteiger partial charge in [-0.05, 0) is 72.0 Å². The van der Waals surface area contributed by atoms with Crippen molar-refractivity contribution in [2.45, 2.75) is 38.6 Å². The summed E-state index contributed by atoms with van der Waals surface area (Å²) in [6.07, 6.45) is 5.83. The maximum absolute atomic E-state index is 4.45. The van der Waals surface area contributed by atoms with Crippen molar-refractivity contribution in [2.24, 2.45) is 17.8 Å². The van der Waals surface area contributed by atoms with Crippen molar-refractivity contribution in [3.05, 3.63) is 22.8 Å². The van der Waals surface area contributed by atoms with Crippen LogP contribution in [0.15, 0.2) is 22.8 Å². The van der Waals surface area contributed by atoms with Gasteiger partial charge in [0.05, 0.1) is 0 Å². The van der Waals surface area contributed by atoms with E-state index in [9.17, 15) is 0 Å². The van der Waals surface area contributed by atoms with E-state index in [1.165, 1.54) is 25.7 Å². The van der Waals surface area contributed by atoms with E-state index < -0.39 is 0 Å². The third kappa shape index (κ3) is 2.35. The van der Waals surface area contributed by atoms with Gasteiger partial charge in [0, 0.05) is 6.04 Å². The molecule has 3 rings (SSSR count). The first kappa shape index (κ1) is 11.5. The van der Waals surface area contributed by atoms with Gasteiger partial charge in [-0.2, -0.15) is 0 Å². The van der Waals surface area contributed by atoms with E-state index in [1.54, 1.807) is 0 Å². The Hall–Kier alpha value is -0.570. The maximum Gasteiger partial charge on any atom is 0.127 e. The molecular formula is C14H19BrN2. The molecule has 0 radical (unpaired) electrons. The van der Waals surface area contributed by atoms with Gasteiger partial charge in [0.2, 0.25) is 0 Å². The summed E-state index contributed by atoms with van der Waals surface area (Å²) in [5.74, 6) is 3.84. The van der Waals surface area contributed by atoms with Gasteiger partial charge < -0.3 is 5.32 Å². The van der Waals surface area contributed by atoms with Gasteiger partial charge in [0.25, 0.3) is 0 Å². The van der Waals surface area contributed by atoms with E-state index >= 15 is 0 Å².